The monoisotopic (exact) mass is 621 g/mol. The summed E-state index contributed by atoms with van der Waals surface area (Å²) in [6.07, 6.45) is 17.2. The van der Waals surface area contributed by atoms with Gasteiger partial charge in [-0.15, -0.1) is 0 Å². The summed E-state index contributed by atoms with van der Waals surface area (Å²) in [6, 6.07) is 10.9. The Kier molecular flexibility index (Phi) is 20.9. The molecule has 160 valence electrons. The zero-order valence-electron chi connectivity index (χ0n) is 17.9. The maximum absolute atomic E-state index is 5.10. The Morgan fingerprint density at radius 1 is 0.778 bits per heavy atom. The molecule has 0 saturated carbocycles. The van der Waals surface area contributed by atoms with E-state index in [9.17, 15) is 0 Å². The van der Waals surface area contributed by atoms with Crippen LogP contribution in [0.3, 0.4) is 0 Å². The summed E-state index contributed by atoms with van der Waals surface area (Å²) in [5, 5.41) is 0. The molecule has 0 radical (unpaired) electrons. The first kappa shape index (κ1) is 27.9. The van der Waals surface area contributed by atoms with E-state index in [1.807, 2.05) is 0 Å². The molecule has 1 rings (SSSR count). The Balaban J connectivity index is 0.00000210. The van der Waals surface area contributed by atoms with Gasteiger partial charge < -0.3 is 4.48 Å². The van der Waals surface area contributed by atoms with E-state index in [4.69, 9.17) is 8.91 Å². The fourth-order valence-corrected chi connectivity index (χ4v) is 3.54. The maximum atomic E-state index is 5.10. The van der Waals surface area contributed by atoms with E-state index in [-0.39, 0.29) is 16.1 Å². The molecule has 0 aromatic heterocycles. The number of nitrogens with zero attached hydrogens (tertiary/aromatic N) is 1. The van der Waals surface area contributed by atoms with E-state index in [1.54, 1.807) is 0 Å². The molecule has 0 heterocycles. The number of rotatable bonds is 15. The van der Waals surface area contributed by atoms with Gasteiger partial charge in [-0.05, 0) is 12.8 Å². The van der Waals surface area contributed by atoms with Crippen molar-refractivity contribution in [3.8, 4) is 0 Å². The zero-order chi connectivity index (χ0) is 20.2. The molecule has 0 spiro atoms. The number of unbranched alkanes of at least 4 members (excludes halogenated alkanes) is 11. The summed E-state index contributed by atoms with van der Waals surface area (Å²) < 4.78 is 1.11. The molecule has 0 N–H and O–H groups in total. The Bertz CT molecular complexity index is 412. The number of quaternary nitrogens is 1. The van der Waals surface area contributed by atoms with Gasteiger partial charge in [0.1, 0.15) is 6.54 Å². The van der Waals surface area contributed by atoms with Crippen LogP contribution in [0.25, 0.3) is 0 Å². The van der Waals surface area contributed by atoms with Crippen LogP contribution in [0.2, 0.25) is 0 Å². The van der Waals surface area contributed by atoms with Gasteiger partial charge in [0, 0.05) is 5.56 Å². The number of benzene rings is 1. The molecular weight excluding hydrogens is 580 g/mol. The summed E-state index contributed by atoms with van der Waals surface area (Å²) in [5.74, 6) is 0. The van der Waals surface area contributed by atoms with E-state index < -0.39 is 0 Å². The summed E-state index contributed by atoms with van der Waals surface area (Å²) in [4.78, 5) is 0. The predicted octanol–water partition coefficient (Wildman–Crippen LogP) is 5.54. The van der Waals surface area contributed by atoms with Crippen LogP contribution >= 0.6 is 27.5 Å². The second-order valence-corrected chi connectivity index (χ2v) is 15.5. The third-order valence-electron chi connectivity index (χ3n) is 5.07. The fourth-order valence-electron chi connectivity index (χ4n) is 3.54. The molecule has 27 heavy (non-hydrogen) atoms. The quantitative estimate of drug-likeness (QED) is 0.137. The minimum atomic E-state index is 0.0322. The van der Waals surface area contributed by atoms with Crippen LogP contribution in [0.1, 0.15) is 89.5 Å². The molecule has 0 atom stereocenters. The summed E-state index contributed by atoms with van der Waals surface area (Å²) >= 11 is 2.20. The predicted molar refractivity (Wildman–Crippen MR) is 128 cm³/mol. The average molecular weight is 622 g/mol. The van der Waals surface area contributed by atoms with Crippen LogP contribution in [0, 0.1) is 0 Å². The molecule has 0 aliphatic rings. The van der Waals surface area contributed by atoms with Crippen molar-refractivity contribution in [2.24, 2.45) is 0 Å². The first-order chi connectivity index (χ1) is 13.1. The molecule has 1 nitrogen and oxygen atoms in total. The van der Waals surface area contributed by atoms with Crippen LogP contribution in [0.15, 0.2) is 30.3 Å². The molecule has 0 fully saturated rings. The van der Waals surface area contributed by atoms with Crippen LogP contribution < -0.4 is 16.1 Å². The van der Waals surface area contributed by atoms with Gasteiger partial charge in [0.05, 0.1) is 20.6 Å². The Labute approximate surface area is 193 Å². The fraction of sp³-hybridized carbons (Fsp3) is 0.739. The zero-order valence-corrected chi connectivity index (χ0v) is 22.9. The van der Waals surface area contributed by atoms with Crippen LogP contribution in [-0.2, 0) is 6.54 Å². The Morgan fingerprint density at radius 2 is 1.19 bits per heavy atom. The van der Waals surface area contributed by atoms with Crippen LogP contribution in [0.5, 0.6) is 0 Å². The number of halogens is 3. The standard InChI is InChI=1S/C23H42N.ClI2/c1-4-5-6-7-8-9-10-11-12-13-14-18-21-24(2,3)22-23-19-16-15-17-20-23;1-3-2/h15-17,19-20H,4-14,18,21-22H2,1-3H3;/q+1;-1. The normalized spacial score (nSPS) is 11.3. The van der Waals surface area contributed by atoms with Crippen molar-refractivity contribution in [1.29, 1.82) is 0 Å². The third-order valence-corrected chi connectivity index (χ3v) is 5.07. The SMILES string of the molecule is CCCCCCCCCCCCCC[N+](C)(C)Cc1ccccc1.Cl[I-]I. The van der Waals surface area contributed by atoms with Crippen molar-refractivity contribution < 1.29 is 20.6 Å². The van der Waals surface area contributed by atoms with Gasteiger partial charge in [-0.1, -0.05) is 101 Å². The van der Waals surface area contributed by atoms with Crippen molar-refractivity contribution in [2.45, 2.75) is 90.5 Å². The molecular formula is C23H42ClI2N. The molecule has 0 aliphatic heterocycles. The molecule has 0 unspecified atom stereocenters. The molecule has 0 amide bonds. The van der Waals surface area contributed by atoms with Crippen LogP contribution in [-0.4, -0.2) is 25.1 Å². The molecule has 0 bridgehead atoms. The van der Waals surface area contributed by atoms with Crippen molar-refractivity contribution >= 4 is 27.5 Å². The minimum absolute atomic E-state index is 0.0322. The van der Waals surface area contributed by atoms with E-state index in [2.05, 4.69) is 70.0 Å². The average Bonchev–Trinajstić information content (AvgIpc) is 2.64. The van der Waals surface area contributed by atoms with Gasteiger partial charge in [-0.2, -0.15) is 0 Å². The number of hydrogen-bond acceptors (Lipinski definition) is 0. The van der Waals surface area contributed by atoms with E-state index in [0.29, 0.717) is 0 Å². The topological polar surface area (TPSA) is 0 Å². The van der Waals surface area contributed by atoms with Gasteiger partial charge in [-0.25, -0.2) is 0 Å². The van der Waals surface area contributed by atoms with E-state index >= 15 is 0 Å². The second-order valence-electron chi connectivity index (χ2n) is 8.25. The van der Waals surface area contributed by atoms with Gasteiger partial charge in [0.25, 0.3) is 0 Å². The summed E-state index contributed by atoms with van der Waals surface area (Å²) in [5.41, 5.74) is 1.46. The molecule has 1 aromatic carbocycles. The van der Waals surface area contributed by atoms with E-state index in [0.717, 1.165) is 11.0 Å². The molecule has 0 aliphatic carbocycles. The van der Waals surface area contributed by atoms with Crippen molar-refractivity contribution in [3.05, 3.63) is 35.9 Å². The summed E-state index contributed by atoms with van der Waals surface area (Å²) in [6.45, 7) is 4.74. The Morgan fingerprint density at radius 3 is 1.63 bits per heavy atom. The van der Waals surface area contributed by atoms with Crippen LogP contribution in [0.4, 0.5) is 0 Å². The first-order valence-corrected chi connectivity index (χ1v) is 19.8. The van der Waals surface area contributed by atoms with Gasteiger partial charge in [-0.3, -0.25) is 0 Å². The third kappa shape index (κ3) is 20.0. The Hall–Kier alpha value is 0.930. The molecule has 0 saturated heterocycles. The van der Waals surface area contributed by atoms with Gasteiger partial charge in [0.2, 0.25) is 0 Å². The van der Waals surface area contributed by atoms with Gasteiger partial charge in [0.15, 0.2) is 0 Å². The molecule has 4 heteroatoms. The second kappa shape index (κ2) is 20.2. The van der Waals surface area contributed by atoms with Crippen molar-refractivity contribution in [2.75, 3.05) is 20.6 Å². The van der Waals surface area contributed by atoms with Crippen molar-refractivity contribution in [1.82, 2.24) is 0 Å². The molecule has 1 aromatic rings. The van der Waals surface area contributed by atoms with Crippen molar-refractivity contribution in [3.63, 3.8) is 0 Å². The number of hydrogen-bond donors (Lipinski definition) is 0. The summed E-state index contributed by atoms with van der Waals surface area (Å²) in [7, 11) is 9.83. The van der Waals surface area contributed by atoms with Gasteiger partial charge >= 0.3 is 43.6 Å². The van der Waals surface area contributed by atoms with E-state index in [1.165, 1.54) is 89.2 Å². The first-order valence-electron chi connectivity index (χ1n) is 10.8.